The molecule has 1 aliphatic heterocycles. The Balaban J connectivity index is 1.87. The second kappa shape index (κ2) is 8.30. The predicted octanol–water partition coefficient (Wildman–Crippen LogP) is 2.26. The molecule has 1 aromatic heterocycles. The number of sulfonamides is 1. The highest BCUT2D eigenvalue weighted by molar-refractivity contribution is 7.91. The number of thiophene rings is 1. The van der Waals surface area contributed by atoms with Gasteiger partial charge in [0, 0.05) is 13.1 Å². The summed E-state index contributed by atoms with van der Waals surface area (Å²) in [5.74, 6) is -0.610. The lowest BCUT2D eigenvalue weighted by atomic mass is 9.94. The molecule has 1 saturated heterocycles. The molecule has 8 heteroatoms. The Morgan fingerprint density at radius 3 is 2.46 bits per heavy atom. The summed E-state index contributed by atoms with van der Waals surface area (Å²) in [6.45, 7) is 3.85. The number of rotatable bonds is 6. The summed E-state index contributed by atoms with van der Waals surface area (Å²) in [6.07, 6.45) is 0. The van der Waals surface area contributed by atoms with Crippen LogP contribution in [0.5, 0.6) is 0 Å². The van der Waals surface area contributed by atoms with Gasteiger partial charge in [0.05, 0.1) is 25.2 Å². The van der Waals surface area contributed by atoms with Gasteiger partial charge < -0.3 is 9.64 Å². The smallest absolute Gasteiger partial charge is 0.250 e. The maximum absolute atomic E-state index is 12.9. The molecule has 1 N–H and O–H groups in total. The van der Waals surface area contributed by atoms with Gasteiger partial charge in [-0.1, -0.05) is 43.3 Å². The third-order valence-electron chi connectivity index (χ3n) is 4.41. The minimum atomic E-state index is -3.70. The third-order valence-corrected chi connectivity index (χ3v) is 7.25. The molecule has 2 heterocycles. The number of hydrogen-bond donors (Lipinski definition) is 1. The van der Waals surface area contributed by atoms with Gasteiger partial charge in [0.2, 0.25) is 5.91 Å². The molecule has 1 fully saturated rings. The van der Waals surface area contributed by atoms with Gasteiger partial charge in [0.15, 0.2) is 0 Å². The molecule has 140 valence electrons. The van der Waals surface area contributed by atoms with E-state index in [2.05, 4.69) is 4.72 Å². The van der Waals surface area contributed by atoms with Gasteiger partial charge in [-0.3, -0.25) is 4.79 Å². The maximum atomic E-state index is 12.9. The van der Waals surface area contributed by atoms with E-state index < -0.39 is 22.0 Å². The zero-order valence-electron chi connectivity index (χ0n) is 14.5. The van der Waals surface area contributed by atoms with Crippen LogP contribution in [-0.4, -0.2) is 45.5 Å². The molecule has 6 nitrogen and oxygen atoms in total. The second-order valence-electron chi connectivity index (χ2n) is 6.17. The number of carbonyl (C=O) groups is 1. The lowest BCUT2D eigenvalue weighted by molar-refractivity contribution is -0.139. The van der Waals surface area contributed by atoms with Crippen LogP contribution in [0.3, 0.4) is 0 Å². The van der Waals surface area contributed by atoms with E-state index in [1.54, 1.807) is 29.3 Å². The largest absolute Gasteiger partial charge is 0.378 e. The minimum absolute atomic E-state index is 0.0731. The Bertz CT molecular complexity index is 816. The van der Waals surface area contributed by atoms with Gasteiger partial charge in [-0.25, -0.2) is 13.1 Å². The molecule has 2 atom stereocenters. The number of amides is 1. The molecule has 1 aromatic carbocycles. The lowest BCUT2D eigenvalue weighted by Gasteiger charge is -2.32. The van der Waals surface area contributed by atoms with Gasteiger partial charge in [0.1, 0.15) is 4.21 Å². The Hall–Kier alpha value is -1.74. The first-order valence-electron chi connectivity index (χ1n) is 8.46. The van der Waals surface area contributed by atoms with Crippen molar-refractivity contribution in [2.24, 2.45) is 5.92 Å². The average Bonchev–Trinajstić information content (AvgIpc) is 3.22. The summed E-state index contributed by atoms with van der Waals surface area (Å²) in [5.41, 5.74) is 0.766. The van der Waals surface area contributed by atoms with Crippen LogP contribution in [0.4, 0.5) is 0 Å². The monoisotopic (exact) mass is 394 g/mol. The van der Waals surface area contributed by atoms with E-state index in [4.69, 9.17) is 4.74 Å². The van der Waals surface area contributed by atoms with Crippen molar-refractivity contribution in [3.05, 3.63) is 53.4 Å². The van der Waals surface area contributed by atoms with E-state index >= 15 is 0 Å². The lowest BCUT2D eigenvalue weighted by Crippen LogP contribution is -2.46. The number of morpholine rings is 1. The molecule has 3 rings (SSSR count). The number of ether oxygens (including phenoxy) is 1. The summed E-state index contributed by atoms with van der Waals surface area (Å²) < 4.78 is 33.7. The van der Waals surface area contributed by atoms with Gasteiger partial charge in [-0.15, -0.1) is 11.3 Å². The van der Waals surface area contributed by atoms with E-state index in [1.807, 2.05) is 30.3 Å². The van der Waals surface area contributed by atoms with Crippen molar-refractivity contribution in [3.63, 3.8) is 0 Å². The van der Waals surface area contributed by atoms with Crippen LogP contribution in [0.1, 0.15) is 18.5 Å². The molecular formula is C18H22N2O4S2. The molecule has 0 unspecified atom stereocenters. The number of carbonyl (C=O) groups excluding carboxylic acids is 1. The van der Waals surface area contributed by atoms with Crippen molar-refractivity contribution < 1.29 is 17.9 Å². The molecule has 1 aliphatic rings. The van der Waals surface area contributed by atoms with Crippen LogP contribution in [-0.2, 0) is 19.6 Å². The van der Waals surface area contributed by atoms with Gasteiger partial charge in [-0.2, -0.15) is 0 Å². The number of benzene rings is 1. The Kier molecular flexibility index (Phi) is 6.08. The highest BCUT2D eigenvalue weighted by atomic mass is 32.2. The van der Waals surface area contributed by atoms with E-state index in [9.17, 15) is 13.2 Å². The number of hydrogen-bond acceptors (Lipinski definition) is 5. The van der Waals surface area contributed by atoms with E-state index in [-0.39, 0.29) is 10.1 Å². The number of nitrogens with one attached hydrogen (secondary N) is 1. The molecule has 1 amide bonds. The van der Waals surface area contributed by atoms with Crippen molar-refractivity contribution in [1.29, 1.82) is 0 Å². The average molecular weight is 395 g/mol. The summed E-state index contributed by atoms with van der Waals surface area (Å²) >= 11 is 1.15. The van der Waals surface area contributed by atoms with Crippen molar-refractivity contribution >= 4 is 27.3 Å². The van der Waals surface area contributed by atoms with Crippen LogP contribution < -0.4 is 4.72 Å². The first-order valence-corrected chi connectivity index (χ1v) is 10.8. The highest BCUT2D eigenvalue weighted by Gasteiger charge is 2.33. The fourth-order valence-corrected chi connectivity index (χ4v) is 5.29. The molecule has 0 aliphatic carbocycles. The summed E-state index contributed by atoms with van der Waals surface area (Å²) in [7, 11) is -3.70. The minimum Gasteiger partial charge on any atom is -0.378 e. The summed E-state index contributed by atoms with van der Waals surface area (Å²) in [4.78, 5) is 14.7. The molecule has 2 aromatic rings. The first kappa shape index (κ1) is 19.0. The fraction of sp³-hybridized carbons (Fsp3) is 0.389. The Labute approximate surface area is 157 Å². The van der Waals surface area contributed by atoms with Crippen molar-refractivity contribution in [3.8, 4) is 0 Å². The van der Waals surface area contributed by atoms with Crippen LogP contribution in [0.2, 0.25) is 0 Å². The van der Waals surface area contributed by atoms with E-state index in [0.717, 1.165) is 16.9 Å². The van der Waals surface area contributed by atoms with Crippen LogP contribution in [0.15, 0.2) is 52.1 Å². The third kappa shape index (κ3) is 4.32. The van der Waals surface area contributed by atoms with E-state index in [0.29, 0.717) is 26.3 Å². The van der Waals surface area contributed by atoms with Gasteiger partial charge >= 0.3 is 0 Å². The fourth-order valence-electron chi connectivity index (χ4n) is 2.98. The normalized spacial score (nSPS) is 17.7. The molecule has 0 radical (unpaired) electrons. The standard InChI is InChI=1S/C18H22N2O4S2/c1-14(18(21)20-9-11-24-12-10-20)17(15-6-3-2-4-7-15)19-26(22,23)16-8-5-13-25-16/h2-8,13-14,17,19H,9-12H2,1H3/t14-,17-/m1/s1. The molecular weight excluding hydrogens is 372 g/mol. The molecule has 0 saturated carbocycles. The topological polar surface area (TPSA) is 75.7 Å². The summed E-state index contributed by atoms with van der Waals surface area (Å²) in [6, 6.07) is 11.8. The zero-order valence-corrected chi connectivity index (χ0v) is 16.1. The predicted molar refractivity (Wildman–Crippen MR) is 100 cm³/mol. The van der Waals surface area contributed by atoms with Crippen molar-refractivity contribution in [2.45, 2.75) is 17.2 Å². The van der Waals surface area contributed by atoms with Crippen molar-refractivity contribution in [2.75, 3.05) is 26.3 Å². The van der Waals surface area contributed by atoms with Crippen LogP contribution >= 0.6 is 11.3 Å². The van der Waals surface area contributed by atoms with E-state index in [1.165, 1.54) is 0 Å². The summed E-state index contributed by atoms with van der Waals surface area (Å²) in [5, 5.41) is 1.72. The van der Waals surface area contributed by atoms with Crippen molar-refractivity contribution in [1.82, 2.24) is 9.62 Å². The Morgan fingerprint density at radius 1 is 1.15 bits per heavy atom. The molecule has 0 bridgehead atoms. The zero-order chi connectivity index (χ0) is 18.6. The Morgan fingerprint density at radius 2 is 1.85 bits per heavy atom. The second-order valence-corrected chi connectivity index (χ2v) is 9.06. The van der Waals surface area contributed by atoms with Crippen LogP contribution in [0.25, 0.3) is 0 Å². The highest BCUT2D eigenvalue weighted by Crippen LogP contribution is 2.27. The van der Waals surface area contributed by atoms with Gasteiger partial charge in [0.25, 0.3) is 10.0 Å². The van der Waals surface area contributed by atoms with Gasteiger partial charge in [-0.05, 0) is 17.0 Å². The SMILES string of the molecule is C[C@@H](C(=O)N1CCOCC1)[C@@H](NS(=O)(=O)c1cccs1)c1ccccc1. The number of nitrogens with zero attached hydrogens (tertiary/aromatic N) is 1. The maximum Gasteiger partial charge on any atom is 0.250 e. The van der Waals surface area contributed by atoms with Crippen LogP contribution in [0, 0.1) is 5.92 Å². The molecule has 26 heavy (non-hydrogen) atoms. The quantitative estimate of drug-likeness (QED) is 0.815. The molecule has 0 spiro atoms. The first-order chi connectivity index (χ1) is 12.5.